The molecular weight excluding hydrogens is 940 g/mol. The average molecular weight is 1050 g/mol. The number of unbranched alkanes of at least 4 members (excludes halogenated alkanes) is 23. The van der Waals surface area contributed by atoms with Crippen LogP contribution in [0.2, 0.25) is 0 Å². The Labute approximate surface area is 456 Å². The zero-order valence-electron chi connectivity index (χ0n) is 48.6. The molecule has 10 heteroatoms. The molecule has 0 heterocycles. The molecule has 0 aliphatic carbocycles. The lowest BCUT2D eigenvalue weighted by molar-refractivity contribution is -0.870. The summed E-state index contributed by atoms with van der Waals surface area (Å²) in [4.78, 5) is 37.6. The minimum Gasteiger partial charge on any atom is -0.456 e. The minimum absolute atomic E-state index is 0.0220. The van der Waals surface area contributed by atoms with Crippen LogP contribution in [0.1, 0.15) is 245 Å². The number of esters is 1. The van der Waals surface area contributed by atoms with Crippen LogP contribution in [-0.4, -0.2) is 74.3 Å². The van der Waals surface area contributed by atoms with Gasteiger partial charge in [0.05, 0.1) is 33.8 Å². The van der Waals surface area contributed by atoms with Gasteiger partial charge in [-0.3, -0.25) is 18.6 Å². The van der Waals surface area contributed by atoms with E-state index < -0.39 is 20.0 Å². The predicted molar refractivity (Wildman–Crippen MR) is 318 cm³/mol. The maximum Gasteiger partial charge on any atom is 0.472 e. The van der Waals surface area contributed by atoms with E-state index >= 15 is 0 Å². The Kier molecular flexibility index (Phi) is 51.1. The number of carbonyl (C=O) groups excluding carboxylic acids is 2. The van der Waals surface area contributed by atoms with Gasteiger partial charge >= 0.3 is 13.8 Å². The van der Waals surface area contributed by atoms with Crippen LogP contribution in [0, 0.1) is 0 Å². The van der Waals surface area contributed by atoms with Crippen molar-refractivity contribution in [3.05, 3.63) is 97.2 Å². The Morgan fingerprint density at radius 3 is 1.32 bits per heavy atom. The van der Waals surface area contributed by atoms with E-state index in [1.54, 1.807) is 0 Å². The Hall–Kier alpha value is -3.07. The van der Waals surface area contributed by atoms with Crippen LogP contribution < -0.4 is 5.32 Å². The number of allylic oxidation sites excluding steroid dienone is 15. The number of nitrogens with one attached hydrogen (secondary N) is 1. The first-order valence-corrected chi connectivity index (χ1v) is 31.6. The fourth-order valence-corrected chi connectivity index (χ4v) is 8.87. The lowest BCUT2D eigenvalue weighted by atomic mass is 10.1. The zero-order chi connectivity index (χ0) is 54.3. The Bertz CT molecular complexity index is 1590. The van der Waals surface area contributed by atoms with Crippen molar-refractivity contribution in [3.63, 3.8) is 0 Å². The summed E-state index contributed by atoms with van der Waals surface area (Å²) in [6.45, 7) is 6.82. The van der Waals surface area contributed by atoms with Gasteiger partial charge in [-0.25, -0.2) is 4.57 Å². The number of nitrogens with zero attached hydrogens (tertiary/aromatic N) is 1. The Morgan fingerprint density at radius 1 is 0.486 bits per heavy atom. The quantitative estimate of drug-likeness (QED) is 0.0205. The van der Waals surface area contributed by atoms with Gasteiger partial charge in [-0.15, -0.1) is 0 Å². The van der Waals surface area contributed by atoms with E-state index in [4.69, 9.17) is 13.8 Å². The first-order valence-electron chi connectivity index (χ1n) is 30.1. The summed E-state index contributed by atoms with van der Waals surface area (Å²) >= 11 is 0. The van der Waals surface area contributed by atoms with Gasteiger partial charge in [0.2, 0.25) is 5.91 Å². The van der Waals surface area contributed by atoms with Crippen molar-refractivity contribution in [3.8, 4) is 0 Å². The van der Waals surface area contributed by atoms with E-state index in [0.29, 0.717) is 17.4 Å². The van der Waals surface area contributed by atoms with Gasteiger partial charge in [0.1, 0.15) is 19.3 Å². The van der Waals surface area contributed by atoms with Gasteiger partial charge in [-0.2, -0.15) is 0 Å². The highest BCUT2D eigenvalue weighted by Crippen LogP contribution is 2.43. The molecule has 0 aromatic carbocycles. The molecule has 3 atom stereocenters. The third-order valence-electron chi connectivity index (χ3n) is 12.8. The molecule has 0 bridgehead atoms. The molecule has 0 aromatic heterocycles. The van der Waals surface area contributed by atoms with E-state index in [2.05, 4.69) is 105 Å². The fraction of sp³-hybridized carbons (Fsp3) is 0.719. The topological polar surface area (TPSA) is 111 Å². The zero-order valence-corrected chi connectivity index (χ0v) is 49.4. The van der Waals surface area contributed by atoms with Crippen molar-refractivity contribution >= 4 is 19.7 Å². The molecule has 0 aromatic rings. The maximum absolute atomic E-state index is 13.5. The van der Waals surface area contributed by atoms with Crippen molar-refractivity contribution < 1.29 is 37.3 Å². The number of quaternary nitrogens is 1. The summed E-state index contributed by atoms with van der Waals surface area (Å²) in [6, 6.07) is -0.895. The number of hydrogen-bond donors (Lipinski definition) is 2. The van der Waals surface area contributed by atoms with Gasteiger partial charge in [0.15, 0.2) is 0 Å². The molecule has 0 fully saturated rings. The average Bonchev–Trinajstić information content (AvgIpc) is 3.36. The van der Waals surface area contributed by atoms with Gasteiger partial charge < -0.3 is 19.4 Å². The molecule has 1 amide bonds. The molecule has 0 spiro atoms. The lowest BCUT2D eigenvalue weighted by Gasteiger charge is -2.27. The molecule has 0 saturated carbocycles. The standard InChI is InChI=1S/C64H113N2O7P/c1-7-10-13-16-19-22-25-28-30-32-33-35-36-38-41-44-47-50-53-56-63(67)65-61(60-72-74(69,70)71-59-58-66(4,5)6)62(55-52-49-46-43-40-27-24-21-18-15-12-9-3)73-64(68)57-54-51-48-45-42-39-37-34-31-29-26-23-20-17-14-11-8-2/h10,13,19,22,28-31,33,35,38,41,47,50,52,55,61-62H,7-9,11-12,14-18,20-21,23-27,32,34,36-37,39-40,42-46,48-49,51,53-54,56-60H2,1-6H3,(H-,65,67,69,70)/p+1/b13-10-,22-19-,30-28-,31-29+,35-33-,41-38-,50-47-,55-52+. The summed E-state index contributed by atoms with van der Waals surface area (Å²) in [5.41, 5.74) is 0. The van der Waals surface area contributed by atoms with Crippen molar-refractivity contribution in [2.75, 3.05) is 40.9 Å². The van der Waals surface area contributed by atoms with Crippen LogP contribution in [-0.2, 0) is 27.9 Å². The first-order chi connectivity index (χ1) is 35.9. The number of rotatable bonds is 53. The van der Waals surface area contributed by atoms with Gasteiger partial charge in [-0.1, -0.05) is 234 Å². The Morgan fingerprint density at radius 2 is 0.878 bits per heavy atom. The summed E-state index contributed by atoms with van der Waals surface area (Å²) in [5.74, 6) is -0.611. The van der Waals surface area contributed by atoms with Crippen LogP contribution in [0.5, 0.6) is 0 Å². The van der Waals surface area contributed by atoms with E-state index in [-0.39, 0.29) is 37.9 Å². The van der Waals surface area contributed by atoms with Crippen LogP contribution in [0.25, 0.3) is 0 Å². The highest BCUT2D eigenvalue weighted by atomic mass is 31.2. The minimum atomic E-state index is -4.47. The van der Waals surface area contributed by atoms with Crippen LogP contribution in [0.15, 0.2) is 97.2 Å². The highest BCUT2D eigenvalue weighted by molar-refractivity contribution is 7.47. The summed E-state index contributed by atoms with van der Waals surface area (Å²) in [7, 11) is 1.44. The molecule has 9 nitrogen and oxygen atoms in total. The summed E-state index contributed by atoms with van der Waals surface area (Å²) < 4.78 is 30.6. The van der Waals surface area contributed by atoms with E-state index in [1.165, 1.54) is 116 Å². The first kappa shape index (κ1) is 70.9. The van der Waals surface area contributed by atoms with Crippen molar-refractivity contribution in [1.82, 2.24) is 5.32 Å². The number of carbonyl (C=O) groups is 2. The third-order valence-corrected chi connectivity index (χ3v) is 13.8. The third kappa shape index (κ3) is 53.7. The van der Waals surface area contributed by atoms with Gasteiger partial charge in [0.25, 0.3) is 0 Å². The van der Waals surface area contributed by atoms with Gasteiger partial charge in [-0.05, 0) is 96.0 Å². The smallest absolute Gasteiger partial charge is 0.456 e. The van der Waals surface area contributed by atoms with Crippen molar-refractivity contribution in [2.45, 2.75) is 258 Å². The normalized spacial score (nSPS) is 14.4. The SMILES string of the molecule is CC/C=C\C/C=C\C/C=C\C/C=C\C/C=C\C/C=C\CCC(=O)NC(COP(=O)(O)OCC[N+](C)(C)C)C(/C=C/CCCCCCCCCCCC)OC(=O)CCCCCCCCC/C=C/CCCCCCCC. The molecule has 0 radical (unpaired) electrons. The van der Waals surface area contributed by atoms with E-state index in [0.717, 1.165) is 89.9 Å². The molecule has 74 heavy (non-hydrogen) atoms. The number of likely N-dealkylation sites (N-methyl/N-ethyl adjacent to an activating group) is 1. The van der Waals surface area contributed by atoms with Crippen LogP contribution in [0.4, 0.5) is 0 Å². The highest BCUT2D eigenvalue weighted by Gasteiger charge is 2.30. The van der Waals surface area contributed by atoms with Crippen LogP contribution >= 0.6 is 7.82 Å². The van der Waals surface area contributed by atoms with E-state index in [1.807, 2.05) is 39.4 Å². The van der Waals surface area contributed by atoms with Crippen molar-refractivity contribution in [1.29, 1.82) is 0 Å². The number of hydrogen-bond acceptors (Lipinski definition) is 6. The largest absolute Gasteiger partial charge is 0.472 e. The second kappa shape index (κ2) is 53.3. The molecule has 0 aliphatic heterocycles. The molecule has 2 N–H and O–H groups in total. The molecular formula is C64H114N2O7P+. The number of amides is 1. The maximum atomic E-state index is 13.5. The Balaban J connectivity index is 5.43. The number of phosphoric ester groups is 1. The molecule has 0 rings (SSSR count). The lowest BCUT2D eigenvalue weighted by Crippen LogP contribution is -2.47. The second-order valence-corrected chi connectivity index (χ2v) is 22.6. The number of ether oxygens (including phenoxy) is 1. The van der Waals surface area contributed by atoms with E-state index in [9.17, 15) is 19.0 Å². The fourth-order valence-electron chi connectivity index (χ4n) is 8.13. The predicted octanol–water partition coefficient (Wildman–Crippen LogP) is 18.4. The summed E-state index contributed by atoms with van der Waals surface area (Å²) in [6.07, 6.45) is 71.3. The monoisotopic (exact) mass is 1050 g/mol. The van der Waals surface area contributed by atoms with Crippen molar-refractivity contribution in [2.24, 2.45) is 0 Å². The molecule has 0 saturated heterocycles. The van der Waals surface area contributed by atoms with Gasteiger partial charge in [0, 0.05) is 12.8 Å². The molecule has 426 valence electrons. The molecule has 3 unspecified atom stereocenters. The van der Waals surface area contributed by atoms with Crippen LogP contribution in [0.3, 0.4) is 0 Å². The summed E-state index contributed by atoms with van der Waals surface area (Å²) in [5, 5.41) is 3.00. The second-order valence-electron chi connectivity index (χ2n) is 21.1. The number of phosphoric acid groups is 1. The molecule has 0 aliphatic rings.